The fourth-order valence-electron chi connectivity index (χ4n) is 0.443. The number of hydrogen-bond acceptors (Lipinski definition) is 3. The summed E-state index contributed by atoms with van der Waals surface area (Å²) in [7, 11) is 0. The monoisotopic (exact) mass is 159 g/mol. The van der Waals surface area contributed by atoms with E-state index in [9.17, 15) is 4.79 Å². The molecule has 4 heteroatoms. The second-order valence-electron chi connectivity index (χ2n) is 1.67. The molecule has 0 aromatic rings. The Labute approximate surface area is 66.2 Å². The largest absolute Gasteiger partial charge is 0.448 e. The Morgan fingerprint density at radius 2 is 2.18 bits per heavy atom. The number of hydrogen-bond donors (Lipinski definition) is 0. The molecule has 0 fully saturated rings. The zero-order chi connectivity index (χ0) is 8.53. The Morgan fingerprint density at radius 1 is 1.45 bits per heavy atom. The first-order valence-corrected chi connectivity index (χ1v) is 3.58. The summed E-state index contributed by atoms with van der Waals surface area (Å²) in [5.41, 5.74) is 0. The molecule has 0 bridgehead atoms. The lowest BCUT2D eigenvalue weighted by atomic mass is 10.7. The van der Waals surface area contributed by atoms with Crippen LogP contribution >= 0.6 is 0 Å². The van der Waals surface area contributed by atoms with Crippen LogP contribution in [0.3, 0.4) is 0 Å². The van der Waals surface area contributed by atoms with Gasteiger partial charge in [0.25, 0.3) is 0 Å². The first-order valence-electron chi connectivity index (χ1n) is 3.58. The normalized spacial score (nSPS) is 10.4. The van der Waals surface area contributed by atoms with Gasteiger partial charge in [-0.05, 0) is 13.8 Å². The molecule has 0 aromatic heterocycles. The molecule has 0 heterocycles. The van der Waals surface area contributed by atoms with Crippen molar-refractivity contribution >= 4 is 12.3 Å². The van der Waals surface area contributed by atoms with Crippen molar-refractivity contribution in [1.82, 2.24) is 0 Å². The molecule has 0 rings (SSSR count). The van der Waals surface area contributed by atoms with Gasteiger partial charge >= 0.3 is 6.09 Å². The third kappa shape index (κ3) is 6.99. The lowest BCUT2D eigenvalue weighted by Crippen LogP contribution is -2.00. The third-order valence-electron chi connectivity index (χ3n) is 0.861. The van der Waals surface area contributed by atoms with Crippen molar-refractivity contribution in [2.45, 2.75) is 13.8 Å². The van der Waals surface area contributed by atoms with Gasteiger partial charge in [-0.25, -0.2) is 4.79 Å². The SMILES string of the molecule is CCOCC=NC(=O)OCC. The van der Waals surface area contributed by atoms with E-state index in [-0.39, 0.29) is 0 Å². The molecule has 64 valence electrons. The van der Waals surface area contributed by atoms with Gasteiger partial charge in [0.1, 0.15) is 0 Å². The van der Waals surface area contributed by atoms with Gasteiger partial charge in [0.05, 0.1) is 13.2 Å². The number of rotatable bonds is 4. The molecule has 11 heavy (non-hydrogen) atoms. The van der Waals surface area contributed by atoms with Gasteiger partial charge in [0.15, 0.2) is 0 Å². The molecule has 0 radical (unpaired) electrons. The highest BCUT2D eigenvalue weighted by molar-refractivity contribution is 5.79. The highest BCUT2D eigenvalue weighted by Crippen LogP contribution is 1.81. The number of carbonyl (C=O) groups excluding carboxylic acids is 1. The summed E-state index contributed by atoms with van der Waals surface area (Å²) >= 11 is 0. The lowest BCUT2D eigenvalue weighted by Gasteiger charge is -1.94. The van der Waals surface area contributed by atoms with Crippen molar-refractivity contribution in [3.63, 3.8) is 0 Å². The topological polar surface area (TPSA) is 47.9 Å². The van der Waals surface area contributed by atoms with Crippen molar-refractivity contribution in [3.05, 3.63) is 0 Å². The van der Waals surface area contributed by atoms with E-state index in [2.05, 4.69) is 9.73 Å². The molecule has 0 saturated carbocycles. The van der Waals surface area contributed by atoms with Gasteiger partial charge < -0.3 is 9.47 Å². The Hall–Kier alpha value is -0.900. The highest BCUT2D eigenvalue weighted by Gasteiger charge is 1.92. The fraction of sp³-hybridized carbons (Fsp3) is 0.714. The molecule has 1 amide bonds. The average molecular weight is 159 g/mol. The minimum Gasteiger partial charge on any atom is -0.448 e. The molecule has 0 aliphatic heterocycles. The zero-order valence-electron chi connectivity index (χ0n) is 6.87. The molecule has 4 nitrogen and oxygen atoms in total. The van der Waals surface area contributed by atoms with E-state index in [1.54, 1.807) is 6.92 Å². The van der Waals surface area contributed by atoms with Crippen molar-refractivity contribution in [1.29, 1.82) is 0 Å². The Balaban J connectivity index is 3.32. The smallest absolute Gasteiger partial charge is 0.433 e. The van der Waals surface area contributed by atoms with Crippen LogP contribution in [-0.2, 0) is 9.47 Å². The summed E-state index contributed by atoms with van der Waals surface area (Å²) in [4.78, 5) is 14.0. The molecule has 0 saturated heterocycles. The number of nitrogens with zero attached hydrogens (tertiary/aromatic N) is 1. The summed E-state index contributed by atoms with van der Waals surface area (Å²) in [6, 6.07) is 0. The van der Waals surface area contributed by atoms with Crippen molar-refractivity contribution in [2.24, 2.45) is 4.99 Å². The second-order valence-corrected chi connectivity index (χ2v) is 1.67. The zero-order valence-corrected chi connectivity index (χ0v) is 6.87. The average Bonchev–Trinajstić information content (AvgIpc) is 1.99. The van der Waals surface area contributed by atoms with E-state index >= 15 is 0 Å². The van der Waals surface area contributed by atoms with Gasteiger partial charge in [-0.3, -0.25) is 0 Å². The molecule has 0 atom stereocenters. The molecular formula is C7H13NO3. The molecule has 0 unspecified atom stereocenters. The van der Waals surface area contributed by atoms with Gasteiger partial charge in [0, 0.05) is 12.8 Å². The molecule has 0 spiro atoms. The van der Waals surface area contributed by atoms with Crippen LogP contribution in [0.1, 0.15) is 13.8 Å². The van der Waals surface area contributed by atoms with E-state index in [1.165, 1.54) is 6.21 Å². The predicted molar refractivity (Wildman–Crippen MR) is 42.0 cm³/mol. The number of aliphatic imine (C=N–C) groups is 1. The lowest BCUT2D eigenvalue weighted by molar-refractivity contribution is 0.162. The van der Waals surface area contributed by atoms with Gasteiger partial charge in [0.2, 0.25) is 0 Å². The van der Waals surface area contributed by atoms with Gasteiger partial charge in [-0.2, -0.15) is 4.99 Å². The molecule has 0 N–H and O–H groups in total. The third-order valence-corrected chi connectivity index (χ3v) is 0.861. The van der Waals surface area contributed by atoms with Crippen molar-refractivity contribution < 1.29 is 14.3 Å². The van der Waals surface area contributed by atoms with E-state index in [4.69, 9.17) is 4.74 Å². The first-order chi connectivity index (χ1) is 5.31. The van der Waals surface area contributed by atoms with Crippen LogP contribution in [0.15, 0.2) is 4.99 Å². The maximum absolute atomic E-state index is 10.5. The molecule has 0 aromatic carbocycles. The van der Waals surface area contributed by atoms with Crippen LogP contribution in [0, 0.1) is 0 Å². The van der Waals surface area contributed by atoms with E-state index in [0.29, 0.717) is 19.8 Å². The maximum Gasteiger partial charge on any atom is 0.433 e. The quantitative estimate of drug-likeness (QED) is 0.458. The van der Waals surface area contributed by atoms with Crippen molar-refractivity contribution in [2.75, 3.05) is 19.8 Å². The summed E-state index contributed by atoms with van der Waals surface area (Å²) < 4.78 is 9.43. The summed E-state index contributed by atoms with van der Waals surface area (Å²) in [5, 5.41) is 0. The number of ether oxygens (including phenoxy) is 2. The van der Waals surface area contributed by atoms with Crippen molar-refractivity contribution in [3.8, 4) is 0 Å². The number of carbonyl (C=O) groups is 1. The van der Waals surface area contributed by atoms with Crippen LogP contribution < -0.4 is 0 Å². The standard InChI is InChI=1S/C7H13NO3/c1-3-10-6-5-8-7(9)11-4-2/h5H,3-4,6H2,1-2H3. The first kappa shape index (κ1) is 10.1. The van der Waals surface area contributed by atoms with Gasteiger partial charge in [-0.1, -0.05) is 0 Å². The van der Waals surface area contributed by atoms with Crippen LogP contribution in [-0.4, -0.2) is 32.1 Å². The van der Waals surface area contributed by atoms with Crippen LogP contribution in [0.4, 0.5) is 4.79 Å². The van der Waals surface area contributed by atoms with E-state index < -0.39 is 6.09 Å². The summed E-state index contributed by atoms with van der Waals surface area (Å²) in [5.74, 6) is 0. The van der Waals surface area contributed by atoms with Crippen LogP contribution in [0.5, 0.6) is 0 Å². The Morgan fingerprint density at radius 3 is 2.73 bits per heavy atom. The highest BCUT2D eigenvalue weighted by atomic mass is 16.5. The second kappa shape index (κ2) is 7.21. The van der Waals surface area contributed by atoms with E-state index in [0.717, 1.165) is 0 Å². The molecule has 0 aliphatic carbocycles. The minimum atomic E-state index is -0.563. The molecule has 0 aliphatic rings. The Kier molecular flexibility index (Phi) is 6.62. The number of amides is 1. The Bertz CT molecular complexity index is 134. The van der Waals surface area contributed by atoms with E-state index in [1.807, 2.05) is 6.92 Å². The van der Waals surface area contributed by atoms with Crippen LogP contribution in [0.2, 0.25) is 0 Å². The summed E-state index contributed by atoms with van der Waals surface area (Å²) in [6.07, 6.45) is 0.828. The van der Waals surface area contributed by atoms with Crippen LogP contribution in [0.25, 0.3) is 0 Å². The predicted octanol–water partition coefficient (Wildman–Crippen LogP) is 1.25. The van der Waals surface area contributed by atoms with Gasteiger partial charge in [-0.15, -0.1) is 0 Å². The maximum atomic E-state index is 10.5. The molecular weight excluding hydrogens is 146 g/mol. The fourth-order valence-corrected chi connectivity index (χ4v) is 0.443. The summed E-state index contributed by atoms with van der Waals surface area (Å²) in [6.45, 7) is 4.93. The minimum absolute atomic E-state index is 0.352.